The minimum absolute atomic E-state index is 0.141. The highest BCUT2D eigenvalue weighted by atomic mass is 16.4. The minimum atomic E-state index is -1.45. The summed E-state index contributed by atoms with van der Waals surface area (Å²) in [5.41, 5.74) is 21.8. The molecule has 0 bridgehead atoms. The monoisotopic (exact) mass is 476 g/mol. The molecule has 0 saturated heterocycles. The molecule has 192 valence electrons. The molecule has 0 heterocycles. The summed E-state index contributed by atoms with van der Waals surface area (Å²) in [5.74, 6) is -3.44. The van der Waals surface area contributed by atoms with Crippen LogP contribution < -0.4 is 44.2 Å². The molecule has 33 heavy (non-hydrogen) atoms. The Kier molecular flexibility index (Phi) is 15.1. The maximum atomic E-state index is 12.8. The van der Waals surface area contributed by atoms with Crippen molar-refractivity contribution in [2.75, 3.05) is 13.1 Å². The Morgan fingerprint density at radius 1 is 0.818 bits per heavy atom. The van der Waals surface area contributed by atoms with Crippen molar-refractivity contribution < 1.29 is 29.4 Å². The third-order valence-corrected chi connectivity index (χ3v) is 4.72. The Morgan fingerprint density at radius 2 is 1.39 bits per heavy atom. The van der Waals surface area contributed by atoms with Gasteiger partial charge in [0.2, 0.25) is 17.7 Å². The molecule has 0 unspecified atom stereocenters. The van der Waals surface area contributed by atoms with Gasteiger partial charge in [-0.2, -0.15) is 0 Å². The number of aliphatic hydroxyl groups excluding tert-OH is 1. The fourth-order valence-corrected chi connectivity index (χ4v) is 2.82. The van der Waals surface area contributed by atoms with E-state index in [1.54, 1.807) is 0 Å². The Hall–Kier alpha value is -2.36. The van der Waals surface area contributed by atoms with E-state index in [1.165, 1.54) is 13.8 Å². The molecular formula is C19H40N8O6. The number of carbonyl (C=O) groups is 4. The van der Waals surface area contributed by atoms with Gasteiger partial charge in [-0.25, -0.2) is 4.79 Å². The Bertz CT molecular complexity index is 631. The maximum absolute atomic E-state index is 12.8. The van der Waals surface area contributed by atoms with Crippen LogP contribution in [0.15, 0.2) is 0 Å². The zero-order chi connectivity index (χ0) is 25.6. The molecule has 14 heteroatoms. The third-order valence-electron chi connectivity index (χ3n) is 4.72. The minimum Gasteiger partial charge on any atom is -0.480 e. The number of carboxylic acids is 1. The molecule has 5 atom stereocenters. The zero-order valence-electron chi connectivity index (χ0n) is 19.3. The standard InChI is InChI=1S/C19H40N8O6/c1-10(21)15(29)25-12(7-5-9-24-19(22)23)16(30)27-14(11(2)28)17(31)26-13(18(32)33)6-3-4-8-20/h10-14,19,24,28H,3-9,20-23H2,1-2H3,(H,25,29)(H,26,31)(H,27,30)(H,32,33)/t10-,11+,12-,13-,14-/m0/s1. The summed E-state index contributed by atoms with van der Waals surface area (Å²) in [6.45, 7) is 3.46. The van der Waals surface area contributed by atoms with E-state index in [0.29, 0.717) is 32.4 Å². The quantitative estimate of drug-likeness (QED) is 0.0713. The van der Waals surface area contributed by atoms with Crippen LogP contribution in [0.4, 0.5) is 0 Å². The number of hydrogen-bond acceptors (Lipinski definition) is 10. The largest absolute Gasteiger partial charge is 0.480 e. The van der Waals surface area contributed by atoms with Gasteiger partial charge >= 0.3 is 5.97 Å². The van der Waals surface area contributed by atoms with Crippen molar-refractivity contribution in [3.8, 4) is 0 Å². The SMILES string of the molecule is C[C@H](N)C(=O)N[C@@H](CCCNC(N)N)C(=O)N[C@H](C(=O)N[C@@H](CCCCN)C(=O)O)[C@@H](C)O. The number of unbranched alkanes of at least 4 members (excludes halogenated alkanes) is 1. The van der Waals surface area contributed by atoms with Gasteiger partial charge in [0.05, 0.1) is 12.1 Å². The van der Waals surface area contributed by atoms with Crippen molar-refractivity contribution in [1.29, 1.82) is 0 Å². The lowest BCUT2D eigenvalue weighted by Gasteiger charge is -2.26. The number of aliphatic hydroxyl groups is 1. The molecule has 0 aromatic rings. The Balaban J connectivity index is 5.27. The molecule has 14 N–H and O–H groups in total. The summed E-state index contributed by atoms with van der Waals surface area (Å²) in [6.07, 6.45) is -0.320. The van der Waals surface area contributed by atoms with Crippen molar-refractivity contribution in [2.45, 2.75) is 82.5 Å². The number of nitrogens with two attached hydrogens (primary N) is 4. The van der Waals surface area contributed by atoms with E-state index >= 15 is 0 Å². The number of nitrogens with one attached hydrogen (secondary N) is 4. The summed E-state index contributed by atoms with van der Waals surface area (Å²) >= 11 is 0. The highest BCUT2D eigenvalue weighted by Gasteiger charge is 2.32. The smallest absolute Gasteiger partial charge is 0.326 e. The van der Waals surface area contributed by atoms with E-state index in [2.05, 4.69) is 21.3 Å². The number of hydrogen-bond donors (Lipinski definition) is 10. The van der Waals surface area contributed by atoms with Crippen LogP contribution >= 0.6 is 0 Å². The highest BCUT2D eigenvalue weighted by molar-refractivity contribution is 5.94. The molecular weight excluding hydrogens is 436 g/mol. The highest BCUT2D eigenvalue weighted by Crippen LogP contribution is 2.05. The van der Waals surface area contributed by atoms with E-state index in [4.69, 9.17) is 22.9 Å². The fourth-order valence-electron chi connectivity index (χ4n) is 2.82. The molecule has 0 rings (SSSR count). The summed E-state index contributed by atoms with van der Waals surface area (Å²) in [7, 11) is 0. The number of aliphatic carboxylic acids is 1. The first-order valence-corrected chi connectivity index (χ1v) is 10.9. The number of carboxylic acid groups (broad SMARTS) is 1. The molecule has 0 aliphatic rings. The van der Waals surface area contributed by atoms with Crippen molar-refractivity contribution in [2.24, 2.45) is 22.9 Å². The second-order valence-corrected chi connectivity index (χ2v) is 7.88. The average Bonchev–Trinajstić information content (AvgIpc) is 2.72. The van der Waals surface area contributed by atoms with Gasteiger partial charge in [-0.05, 0) is 59.0 Å². The second-order valence-electron chi connectivity index (χ2n) is 7.88. The number of carbonyl (C=O) groups excluding carboxylic acids is 3. The molecule has 0 radical (unpaired) electrons. The van der Waals surface area contributed by atoms with Crippen LogP contribution in [0.25, 0.3) is 0 Å². The molecule has 0 aliphatic heterocycles. The fraction of sp³-hybridized carbons (Fsp3) is 0.789. The molecule has 14 nitrogen and oxygen atoms in total. The zero-order valence-corrected chi connectivity index (χ0v) is 19.3. The second kappa shape index (κ2) is 16.3. The normalized spacial score (nSPS) is 15.8. The summed E-state index contributed by atoms with van der Waals surface area (Å²) in [6, 6.07) is -4.59. The van der Waals surface area contributed by atoms with Crippen molar-refractivity contribution in [3.63, 3.8) is 0 Å². The van der Waals surface area contributed by atoms with Crippen LogP contribution in [0.1, 0.15) is 46.0 Å². The van der Waals surface area contributed by atoms with E-state index < -0.39 is 60.3 Å². The topological polar surface area (TPSA) is 261 Å². The molecule has 3 amide bonds. The lowest BCUT2D eigenvalue weighted by molar-refractivity contribution is -0.143. The molecule has 0 saturated carbocycles. The van der Waals surface area contributed by atoms with E-state index in [1.807, 2.05) is 0 Å². The van der Waals surface area contributed by atoms with Crippen LogP contribution in [0.2, 0.25) is 0 Å². The van der Waals surface area contributed by atoms with Gasteiger partial charge < -0.3 is 49.1 Å². The van der Waals surface area contributed by atoms with Gasteiger partial charge in [-0.3, -0.25) is 19.7 Å². The van der Waals surface area contributed by atoms with Crippen LogP contribution in [0.3, 0.4) is 0 Å². The van der Waals surface area contributed by atoms with E-state index in [9.17, 15) is 29.4 Å². The summed E-state index contributed by atoms with van der Waals surface area (Å²) < 4.78 is 0. The molecule has 0 aromatic carbocycles. The number of rotatable bonds is 17. The van der Waals surface area contributed by atoms with Gasteiger partial charge in [0.1, 0.15) is 24.4 Å². The van der Waals surface area contributed by atoms with Gasteiger partial charge in [-0.15, -0.1) is 0 Å². The lowest BCUT2D eigenvalue weighted by Crippen LogP contribution is -2.59. The van der Waals surface area contributed by atoms with Gasteiger partial charge in [0.15, 0.2) is 0 Å². The third kappa shape index (κ3) is 13.1. The first-order chi connectivity index (χ1) is 15.4. The van der Waals surface area contributed by atoms with Crippen molar-refractivity contribution >= 4 is 23.7 Å². The van der Waals surface area contributed by atoms with Crippen molar-refractivity contribution in [3.05, 3.63) is 0 Å². The van der Waals surface area contributed by atoms with Crippen LogP contribution in [-0.4, -0.2) is 83.6 Å². The Labute approximate surface area is 193 Å². The Morgan fingerprint density at radius 3 is 1.88 bits per heavy atom. The van der Waals surface area contributed by atoms with Crippen LogP contribution in [0, 0.1) is 0 Å². The van der Waals surface area contributed by atoms with E-state index in [-0.39, 0.29) is 12.8 Å². The van der Waals surface area contributed by atoms with Crippen molar-refractivity contribution in [1.82, 2.24) is 21.3 Å². The van der Waals surface area contributed by atoms with Gasteiger partial charge in [0, 0.05) is 0 Å². The van der Waals surface area contributed by atoms with Gasteiger partial charge in [-0.1, -0.05) is 0 Å². The van der Waals surface area contributed by atoms with Crippen LogP contribution in [-0.2, 0) is 19.2 Å². The first kappa shape index (κ1) is 30.6. The summed E-state index contributed by atoms with van der Waals surface area (Å²) in [4.78, 5) is 48.9. The predicted octanol–water partition coefficient (Wildman–Crippen LogP) is -4.05. The lowest BCUT2D eigenvalue weighted by atomic mass is 10.1. The average molecular weight is 477 g/mol. The molecule has 0 spiro atoms. The maximum Gasteiger partial charge on any atom is 0.326 e. The van der Waals surface area contributed by atoms with E-state index in [0.717, 1.165) is 0 Å². The molecule has 0 fully saturated rings. The molecule has 0 aliphatic carbocycles. The summed E-state index contributed by atoms with van der Waals surface area (Å²) in [5, 5.41) is 29.4. The number of amides is 3. The van der Waals surface area contributed by atoms with Gasteiger partial charge in [0.25, 0.3) is 0 Å². The predicted molar refractivity (Wildman–Crippen MR) is 121 cm³/mol. The first-order valence-electron chi connectivity index (χ1n) is 10.9. The van der Waals surface area contributed by atoms with Crippen LogP contribution in [0.5, 0.6) is 0 Å². The molecule has 0 aromatic heterocycles.